The Balaban J connectivity index is 1.84. The van der Waals surface area contributed by atoms with Crippen LogP contribution in [-0.4, -0.2) is 0 Å². The van der Waals surface area contributed by atoms with Crippen molar-refractivity contribution < 1.29 is 9.13 Å². The van der Waals surface area contributed by atoms with E-state index in [0.717, 1.165) is 12.0 Å². The maximum atomic E-state index is 14.1. The maximum Gasteiger partial charge on any atom is 0.134 e. The fraction of sp³-hybridized carbons (Fsp3) is 0.333. The standard InChI is InChI=1S/C21H25FO/c1-2-3-4-5-6-10-13-19-14-15-20(16-21(19)22)23-17-18-11-8-7-9-12-18/h7-16H,2-6,17H2,1H3. The summed E-state index contributed by atoms with van der Waals surface area (Å²) in [5, 5.41) is 0. The van der Waals surface area contributed by atoms with Crippen LogP contribution in [0.3, 0.4) is 0 Å². The maximum absolute atomic E-state index is 14.1. The van der Waals surface area contributed by atoms with Crippen LogP contribution in [0, 0.1) is 5.82 Å². The lowest BCUT2D eigenvalue weighted by Gasteiger charge is -2.07. The van der Waals surface area contributed by atoms with E-state index in [2.05, 4.69) is 13.0 Å². The molecule has 0 atom stereocenters. The third-order valence-corrected chi connectivity index (χ3v) is 3.74. The van der Waals surface area contributed by atoms with Crippen LogP contribution < -0.4 is 4.74 Å². The molecular weight excluding hydrogens is 287 g/mol. The van der Waals surface area contributed by atoms with Crippen LogP contribution >= 0.6 is 0 Å². The molecule has 0 spiro atoms. The summed E-state index contributed by atoms with van der Waals surface area (Å²) in [5.41, 5.74) is 1.69. The smallest absolute Gasteiger partial charge is 0.134 e. The van der Waals surface area contributed by atoms with Crippen molar-refractivity contribution in [3.05, 3.63) is 71.6 Å². The predicted molar refractivity (Wildman–Crippen MR) is 95.0 cm³/mol. The van der Waals surface area contributed by atoms with Crippen LogP contribution in [0.4, 0.5) is 4.39 Å². The lowest BCUT2D eigenvalue weighted by atomic mass is 10.1. The summed E-state index contributed by atoms with van der Waals surface area (Å²) in [5.74, 6) is 0.326. The number of ether oxygens (including phenoxy) is 1. The molecule has 2 aromatic rings. The molecule has 0 saturated carbocycles. The van der Waals surface area contributed by atoms with Crippen LogP contribution in [0.2, 0.25) is 0 Å². The van der Waals surface area contributed by atoms with E-state index in [1.807, 2.05) is 42.5 Å². The first-order valence-corrected chi connectivity index (χ1v) is 8.42. The first-order valence-electron chi connectivity index (χ1n) is 8.42. The van der Waals surface area contributed by atoms with Gasteiger partial charge in [-0.15, -0.1) is 0 Å². The second kappa shape index (κ2) is 9.83. The number of benzene rings is 2. The van der Waals surface area contributed by atoms with Gasteiger partial charge in [0.1, 0.15) is 18.2 Å². The Bertz CT molecular complexity index is 604. The molecule has 1 nitrogen and oxygen atoms in total. The molecular formula is C21H25FO. The van der Waals surface area contributed by atoms with Gasteiger partial charge in [-0.1, -0.05) is 68.7 Å². The Labute approximate surface area is 138 Å². The molecule has 23 heavy (non-hydrogen) atoms. The van der Waals surface area contributed by atoms with Gasteiger partial charge in [0.2, 0.25) is 0 Å². The quantitative estimate of drug-likeness (QED) is 0.488. The molecule has 0 bridgehead atoms. The van der Waals surface area contributed by atoms with Gasteiger partial charge in [-0.3, -0.25) is 0 Å². The van der Waals surface area contributed by atoms with Gasteiger partial charge in [-0.2, -0.15) is 0 Å². The average Bonchev–Trinajstić information content (AvgIpc) is 2.58. The highest BCUT2D eigenvalue weighted by Crippen LogP contribution is 2.19. The molecule has 122 valence electrons. The van der Waals surface area contributed by atoms with Crippen molar-refractivity contribution in [3.8, 4) is 5.75 Å². The third kappa shape index (κ3) is 6.27. The molecule has 0 saturated heterocycles. The summed E-state index contributed by atoms with van der Waals surface area (Å²) in [6, 6.07) is 14.9. The molecule has 0 radical (unpaired) electrons. The molecule has 0 unspecified atom stereocenters. The topological polar surface area (TPSA) is 9.23 Å². The number of allylic oxidation sites excluding steroid dienone is 1. The van der Waals surface area contributed by atoms with Crippen molar-refractivity contribution in [1.82, 2.24) is 0 Å². The molecule has 0 amide bonds. The zero-order valence-electron chi connectivity index (χ0n) is 13.8. The van der Waals surface area contributed by atoms with Gasteiger partial charge in [0.25, 0.3) is 0 Å². The zero-order valence-corrected chi connectivity index (χ0v) is 13.8. The normalized spacial score (nSPS) is 11.0. The second-order valence-electron chi connectivity index (χ2n) is 5.71. The molecule has 0 fully saturated rings. The molecule has 0 aliphatic heterocycles. The van der Waals surface area contributed by atoms with E-state index in [1.165, 1.54) is 31.7 Å². The second-order valence-corrected chi connectivity index (χ2v) is 5.71. The number of hydrogen-bond acceptors (Lipinski definition) is 1. The Morgan fingerprint density at radius 3 is 2.57 bits per heavy atom. The van der Waals surface area contributed by atoms with Gasteiger partial charge in [-0.05, 0) is 30.5 Å². The van der Waals surface area contributed by atoms with Gasteiger partial charge in [-0.25, -0.2) is 4.39 Å². The number of rotatable bonds is 9. The van der Waals surface area contributed by atoms with E-state index in [9.17, 15) is 4.39 Å². The summed E-state index contributed by atoms with van der Waals surface area (Å²) in [6.07, 6.45) is 9.85. The van der Waals surface area contributed by atoms with E-state index < -0.39 is 0 Å². The van der Waals surface area contributed by atoms with Crippen LogP contribution in [0.25, 0.3) is 6.08 Å². The highest BCUT2D eigenvalue weighted by atomic mass is 19.1. The van der Waals surface area contributed by atoms with E-state index in [0.29, 0.717) is 17.9 Å². The highest BCUT2D eigenvalue weighted by Gasteiger charge is 2.02. The summed E-state index contributed by atoms with van der Waals surface area (Å²) in [4.78, 5) is 0. The van der Waals surface area contributed by atoms with E-state index in [1.54, 1.807) is 6.07 Å². The Morgan fingerprint density at radius 1 is 1.00 bits per heavy atom. The Kier molecular flexibility index (Phi) is 7.38. The monoisotopic (exact) mass is 312 g/mol. The molecule has 2 heteroatoms. The zero-order chi connectivity index (χ0) is 16.3. The van der Waals surface area contributed by atoms with Crippen LogP contribution in [-0.2, 0) is 6.61 Å². The van der Waals surface area contributed by atoms with Crippen molar-refractivity contribution in [1.29, 1.82) is 0 Å². The fourth-order valence-electron chi connectivity index (χ4n) is 2.37. The van der Waals surface area contributed by atoms with Crippen molar-refractivity contribution in [2.24, 2.45) is 0 Å². The average molecular weight is 312 g/mol. The van der Waals surface area contributed by atoms with Crippen LogP contribution in [0.5, 0.6) is 5.75 Å². The minimum atomic E-state index is -0.236. The van der Waals surface area contributed by atoms with Gasteiger partial charge in [0.05, 0.1) is 0 Å². The molecule has 0 aliphatic carbocycles. The van der Waals surface area contributed by atoms with Crippen molar-refractivity contribution >= 4 is 6.08 Å². The number of halogens is 1. The predicted octanol–water partition coefficient (Wildman–Crippen LogP) is 6.39. The first-order chi connectivity index (χ1) is 11.3. The third-order valence-electron chi connectivity index (χ3n) is 3.74. The molecule has 2 rings (SSSR count). The van der Waals surface area contributed by atoms with E-state index in [4.69, 9.17) is 4.74 Å². The Morgan fingerprint density at radius 2 is 1.83 bits per heavy atom. The lowest BCUT2D eigenvalue weighted by molar-refractivity contribution is 0.304. The van der Waals surface area contributed by atoms with Crippen molar-refractivity contribution in [2.75, 3.05) is 0 Å². The lowest BCUT2D eigenvalue weighted by Crippen LogP contribution is -1.95. The van der Waals surface area contributed by atoms with Crippen LogP contribution in [0.15, 0.2) is 54.6 Å². The fourth-order valence-corrected chi connectivity index (χ4v) is 2.37. The number of unbranched alkanes of at least 4 members (excludes halogenated alkanes) is 4. The number of hydrogen-bond donors (Lipinski definition) is 0. The molecule has 2 aromatic carbocycles. The van der Waals surface area contributed by atoms with E-state index >= 15 is 0 Å². The summed E-state index contributed by atoms with van der Waals surface area (Å²) in [7, 11) is 0. The van der Waals surface area contributed by atoms with Gasteiger partial charge >= 0.3 is 0 Å². The largest absolute Gasteiger partial charge is 0.489 e. The van der Waals surface area contributed by atoms with Crippen LogP contribution in [0.1, 0.15) is 50.2 Å². The van der Waals surface area contributed by atoms with Gasteiger partial charge < -0.3 is 4.74 Å². The molecule has 0 heterocycles. The SMILES string of the molecule is CCCCCCC=Cc1ccc(OCc2ccccc2)cc1F. The summed E-state index contributed by atoms with van der Waals surface area (Å²) >= 11 is 0. The summed E-state index contributed by atoms with van der Waals surface area (Å²) in [6.45, 7) is 2.65. The summed E-state index contributed by atoms with van der Waals surface area (Å²) < 4.78 is 19.7. The minimum absolute atomic E-state index is 0.236. The highest BCUT2D eigenvalue weighted by molar-refractivity contribution is 5.51. The van der Waals surface area contributed by atoms with Gasteiger partial charge in [0.15, 0.2) is 0 Å². The first kappa shape index (κ1) is 17.3. The molecule has 0 aliphatic rings. The Hall–Kier alpha value is -2.09. The van der Waals surface area contributed by atoms with Crippen molar-refractivity contribution in [2.45, 2.75) is 45.6 Å². The minimum Gasteiger partial charge on any atom is -0.489 e. The molecule has 0 N–H and O–H groups in total. The van der Waals surface area contributed by atoms with E-state index in [-0.39, 0.29) is 5.82 Å². The van der Waals surface area contributed by atoms with Crippen molar-refractivity contribution in [3.63, 3.8) is 0 Å². The molecule has 0 aromatic heterocycles. The van der Waals surface area contributed by atoms with Gasteiger partial charge in [0, 0.05) is 11.6 Å².